The van der Waals surface area contributed by atoms with E-state index in [-0.39, 0.29) is 37.1 Å². The summed E-state index contributed by atoms with van der Waals surface area (Å²) in [5.74, 6) is -0.354. The highest BCUT2D eigenvalue weighted by molar-refractivity contribution is 5.71. The Labute approximate surface area is 156 Å². The molecular weight excluding hydrogens is 336 g/mol. The summed E-state index contributed by atoms with van der Waals surface area (Å²) in [5.41, 5.74) is 1.08. The third-order valence-corrected chi connectivity index (χ3v) is 3.83. The number of hydrogen-bond acceptors (Lipinski definition) is 6. The highest BCUT2D eigenvalue weighted by atomic mass is 16.6. The molecule has 0 spiro atoms. The van der Waals surface area contributed by atoms with Crippen molar-refractivity contribution in [1.29, 1.82) is 0 Å². The first-order valence-corrected chi connectivity index (χ1v) is 9.02. The molecule has 1 aromatic carbocycles. The van der Waals surface area contributed by atoms with Crippen molar-refractivity contribution in [2.75, 3.05) is 40.1 Å². The Morgan fingerprint density at radius 3 is 2.31 bits per heavy atom. The molecule has 6 heteroatoms. The van der Waals surface area contributed by atoms with Gasteiger partial charge in [0.1, 0.15) is 18.8 Å². The minimum atomic E-state index is -0.517. The summed E-state index contributed by atoms with van der Waals surface area (Å²) in [6.07, 6.45) is -0.624. The van der Waals surface area contributed by atoms with Crippen molar-refractivity contribution in [2.24, 2.45) is 11.8 Å². The third kappa shape index (κ3) is 8.76. The summed E-state index contributed by atoms with van der Waals surface area (Å²) in [6.45, 7) is 6.77. The van der Waals surface area contributed by atoms with Crippen molar-refractivity contribution in [3.8, 4) is 0 Å². The molecule has 0 aliphatic carbocycles. The zero-order valence-corrected chi connectivity index (χ0v) is 16.2. The molecule has 0 aliphatic rings. The molecule has 148 valence electrons. The van der Waals surface area contributed by atoms with Gasteiger partial charge in [0.05, 0.1) is 32.3 Å². The summed E-state index contributed by atoms with van der Waals surface area (Å²) < 4.78 is 21.9. The number of hydrogen-bond donors (Lipinski definition) is 1. The zero-order chi connectivity index (χ0) is 19.4. The number of aliphatic hydroxyl groups excluding tert-OH is 1. The standard InChI is InChI=1S/C20H32O6/c1-15(2)20(22)26-13-18(10-21)25-12-16(3)11-24-14-19(23-4)17-8-6-5-7-9-17/h5-9,15-16,18-19,21H,10-14H2,1-4H3. The second-order valence-electron chi connectivity index (χ2n) is 6.70. The fraction of sp³-hybridized carbons (Fsp3) is 0.650. The average molecular weight is 368 g/mol. The predicted octanol–water partition coefficient (Wildman–Crippen LogP) is 2.60. The molecule has 1 rings (SSSR count). The molecule has 0 fully saturated rings. The quantitative estimate of drug-likeness (QED) is 0.540. The molecule has 0 saturated carbocycles. The Kier molecular flexibility index (Phi) is 11.1. The highest BCUT2D eigenvalue weighted by Gasteiger charge is 2.16. The summed E-state index contributed by atoms with van der Waals surface area (Å²) in [4.78, 5) is 11.5. The summed E-state index contributed by atoms with van der Waals surface area (Å²) in [5, 5.41) is 9.33. The molecule has 0 heterocycles. The van der Waals surface area contributed by atoms with Gasteiger partial charge >= 0.3 is 5.97 Å². The van der Waals surface area contributed by atoms with E-state index in [2.05, 4.69) is 0 Å². The van der Waals surface area contributed by atoms with Crippen molar-refractivity contribution in [3.63, 3.8) is 0 Å². The van der Waals surface area contributed by atoms with Crippen LogP contribution in [0.25, 0.3) is 0 Å². The van der Waals surface area contributed by atoms with Gasteiger partial charge < -0.3 is 24.1 Å². The van der Waals surface area contributed by atoms with E-state index in [1.165, 1.54) is 0 Å². The lowest BCUT2D eigenvalue weighted by molar-refractivity contribution is -0.153. The molecule has 6 nitrogen and oxygen atoms in total. The van der Waals surface area contributed by atoms with Crippen LogP contribution in [0, 0.1) is 11.8 Å². The summed E-state index contributed by atoms with van der Waals surface area (Å²) in [7, 11) is 1.66. The number of methoxy groups -OCH3 is 1. The van der Waals surface area contributed by atoms with Crippen LogP contribution in [0.4, 0.5) is 0 Å². The summed E-state index contributed by atoms with van der Waals surface area (Å²) in [6, 6.07) is 9.92. The number of carbonyl (C=O) groups is 1. The van der Waals surface area contributed by atoms with Gasteiger partial charge in [-0.2, -0.15) is 0 Å². The van der Waals surface area contributed by atoms with E-state index in [0.717, 1.165) is 5.56 Å². The van der Waals surface area contributed by atoms with Gasteiger partial charge in [-0.1, -0.05) is 51.1 Å². The lowest BCUT2D eigenvalue weighted by Gasteiger charge is -2.20. The van der Waals surface area contributed by atoms with E-state index >= 15 is 0 Å². The smallest absolute Gasteiger partial charge is 0.308 e. The first-order chi connectivity index (χ1) is 12.5. The van der Waals surface area contributed by atoms with E-state index < -0.39 is 6.10 Å². The molecule has 0 saturated heterocycles. The van der Waals surface area contributed by atoms with Crippen LogP contribution in [0.15, 0.2) is 30.3 Å². The topological polar surface area (TPSA) is 74.2 Å². The second kappa shape index (κ2) is 12.8. The fourth-order valence-electron chi connectivity index (χ4n) is 2.19. The molecule has 0 aliphatic heterocycles. The van der Waals surface area contributed by atoms with E-state index in [1.807, 2.05) is 37.3 Å². The highest BCUT2D eigenvalue weighted by Crippen LogP contribution is 2.16. The van der Waals surface area contributed by atoms with Crippen molar-refractivity contribution in [3.05, 3.63) is 35.9 Å². The van der Waals surface area contributed by atoms with Crippen LogP contribution in [-0.2, 0) is 23.7 Å². The second-order valence-corrected chi connectivity index (χ2v) is 6.70. The summed E-state index contributed by atoms with van der Waals surface area (Å²) >= 11 is 0. The van der Waals surface area contributed by atoms with E-state index in [9.17, 15) is 9.90 Å². The third-order valence-electron chi connectivity index (χ3n) is 3.83. The maximum absolute atomic E-state index is 11.5. The monoisotopic (exact) mass is 368 g/mol. The molecule has 0 amide bonds. The largest absolute Gasteiger partial charge is 0.463 e. The molecular formula is C20H32O6. The van der Waals surface area contributed by atoms with Gasteiger partial charge in [-0.05, 0) is 5.56 Å². The van der Waals surface area contributed by atoms with Crippen LogP contribution >= 0.6 is 0 Å². The number of rotatable bonds is 13. The van der Waals surface area contributed by atoms with Gasteiger partial charge in [0.2, 0.25) is 0 Å². The Morgan fingerprint density at radius 2 is 1.73 bits per heavy atom. The number of ether oxygens (including phenoxy) is 4. The number of benzene rings is 1. The van der Waals surface area contributed by atoms with Gasteiger partial charge in [-0.25, -0.2) is 0 Å². The van der Waals surface area contributed by atoms with Crippen LogP contribution in [0.3, 0.4) is 0 Å². The number of aliphatic hydroxyl groups is 1. The van der Waals surface area contributed by atoms with Crippen LogP contribution in [0.2, 0.25) is 0 Å². The van der Waals surface area contributed by atoms with Crippen molar-refractivity contribution in [1.82, 2.24) is 0 Å². The van der Waals surface area contributed by atoms with Crippen molar-refractivity contribution >= 4 is 5.97 Å². The number of carbonyl (C=O) groups excluding carboxylic acids is 1. The van der Waals surface area contributed by atoms with E-state index in [1.54, 1.807) is 21.0 Å². The van der Waals surface area contributed by atoms with E-state index in [0.29, 0.717) is 19.8 Å². The van der Waals surface area contributed by atoms with Crippen LogP contribution in [0.5, 0.6) is 0 Å². The Morgan fingerprint density at radius 1 is 1.04 bits per heavy atom. The number of esters is 1. The molecule has 1 aromatic rings. The van der Waals surface area contributed by atoms with Gasteiger partial charge in [0, 0.05) is 13.0 Å². The molecule has 0 radical (unpaired) electrons. The van der Waals surface area contributed by atoms with Crippen LogP contribution in [0.1, 0.15) is 32.4 Å². The Hall–Kier alpha value is -1.47. The van der Waals surface area contributed by atoms with Crippen molar-refractivity contribution in [2.45, 2.75) is 33.0 Å². The average Bonchev–Trinajstić information content (AvgIpc) is 2.65. The zero-order valence-electron chi connectivity index (χ0n) is 16.2. The normalized spacial score (nSPS) is 14.8. The van der Waals surface area contributed by atoms with Crippen LogP contribution in [-0.4, -0.2) is 57.3 Å². The molecule has 1 N–H and O–H groups in total. The first-order valence-electron chi connectivity index (χ1n) is 9.02. The Balaban J connectivity index is 2.26. The molecule has 3 atom stereocenters. The molecule has 26 heavy (non-hydrogen) atoms. The predicted molar refractivity (Wildman–Crippen MR) is 98.8 cm³/mol. The Bertz CT molecular complexity index is 490. The SMILES string of the molecule is COC(COCC(C)COC(CO)COC(=O)C(C)C)c1ccccc1. The maximum Gasteiger partial charge on any atom is 0.308 e. The minimum Gasteiger partial charge on any atom is -0.463 e. The van der Waals surface area contributed by atoms with Gasteiger partial charge in [-0.15, -0.1) is 0 Å². The molecule has 0 aromatic heterocycles. The lowest BCUT2D eigenvalue weighted by Crippen LogP contribution is -2.29. The van der Waals surface area contributed by atoms with Gasteiger partial charge in [0.15, 0.2) is 0 Å². The molecule has 0 bridgehead atoms. The lowest BCUT2D eigenvalue weighted by atomic mass is 10.1. The van der Waals surface area contributed by atoms with Crippen molar-refractivity contribution < 1.29 is 28.8 Å². The maximum atomic E-state index is 11.5. The minimum absolute atomic E-state index is 0.0564. The van der Waals surface area contributed by atoms with Gasteiger partial charge in [-0.3, -0.25) is 4.79 Å². The van der Waals surface area contributed by atoms with E-state index in [4.69, 9.17) is 18.9 Å². The first kappa shape index (κ1) is 22.6. The van der Waals surface area contributed by atoms with Crippen LogP contribution < -0.4 is 0 Å². The fourth-order valence-corrected chi connectivity index (χ4v) is 2.19. The molecule has 3 unspecified atom stereocenters. The van der Waals surface area contributed by atoms with Gasteiger partial charge in [0.25, 0.3) is 0 Å².